The van der Waals surface area contributed by atoms with Gasteiger partial charge >= 0.3 is 0 Å². The number of benzene rings is 2. The number of rotatable bonds is 4. The molecule has 27 heavy (non-hydrogen) atoms. The molecule has 0 bridgehead atoms. The van der Waals surface area contributed by atoms with Crippen LogP contribution in [-0.2, 0) is 6.54 Å². The Balaban J connectivity index is 1.55. The van der Waals surface area contributed by atoms with E-state index in [0.717, 1.165) is 6.54 Å². The van der Waals surface area contributed by atoms with Crippen LogP contribution in [0.2, 0.25) is 19.6 Å². The third kappa shape index (κ3) is 4.06. The lowest BCUT2D eigenvalue weighted by atomic mass is 9.81. The molecule has 1 fully saturated rings. The largest absolute Gasteiger partial charge is 0.299 e. The average Bonchev–Trinajstić information content (AvgIpc) is 3.08. The molecular weight excluding hydrogens is 362 g/mol. The molecular formula is C24H31NSSi. The number of thiophene rings is 1. The first kappa shape index (κ1) is 18.9. The molecule has 2 unspecified atom stereocenters. The molecule has 1 saturated heterocycles. The van der Waals surface area contributed by atoms with Crippen molar-refractivity contribution in [1.82, 2.24) is 4.90 Å². The van der Waals surface area contributed by atoms with E-state index in [1.807, 2.05) is 0 Å². The maximum absolute atomic E-state index is 2.64. The predicted octanol–water partition coefficient (Wildman–Crippen LogP) is 6.07. The molecule has 1 aliphatic heterocycles. The minimum atomic E-state index is -1.25. The van der Waals surface area contributed by atoms with Gasteiger partial charge in [0.2, 0.25) is 0 Å². The zero-order valence-corrected chi connectivity index (χ0v) is 18.9. The van der Waals surface area contributed by atoms with Crippen molar-refractivity contribution in [2.24, 2.45) is 5.92 Å². The Morgan fingerprint density at radius 1 is 1.04 bits per heavy atom. The molecule has 2 heterocycles. The van der Waals surface area contributed by atoms with Crippen LogP contribution in [0.5, 0.6) is 0 Å². The van der Waals surface area contributed by atoms with Crippen molar-refractivity contribution in [1.29, 1.82) is 0 Å². The zero-order chi connectivity index (χ0) is 19.0. The van der Waals surface area contributed by atoms with E-state index in [4.69, 9.17) is 0 Å². The van der Waals surface area contributed by atoms with E-state index in [1.165, 1.54) is 30.5 Å². The van der Waals surface area contributed by atoms with Crippen molar-refractivity contribution in [2.75, 3.05) is 13.1 Å². The molecule has 2 atom stereocenters. The summed E-state index contributed by atoms with van der Waals surface area (Å²) in [5, 5.41) is 1.47. The van der Waals surface area contributed by atoms with Crippen LogP contribution >= 0.6 is 11.3 Å². The molecule has 0 saturated carbocycles. The van der Waals surface area contributed by atoms with E-state index >= 15 is 0 Å². The lowest BCUT2D eigenvalue weighted by Crippen LogP contribution is -2.37. The van der Waals surface area contributed by atoms with Gasteiger partial charge in [0, 0.05) is 17.8 Å². The van der Waals surface area contributed by atoms with Gasteiger partial charge in [-0.1, -0.05) is 75.1 Å². The summed E-state index contributed by atoms with van der Waals surface area (Å²) in [6.45, 7) is 13.3. The molecule has 0 aliphatic carbocycles. The summed E-state index contributed by atoms with van der Waals surface area (Å²) in [6, 6.07) is 20.4. The van der Waals surface area contributed by atoms with Gasteiger partial charge in [0.25, 0.3) is 0 Å². The highest BCUT2D eigenvalue weighted by Crippen LogP contribution is 2.38. The summed E-state index contributed by atoms with van der Waals surface area (Å²) in [7, 11) is -1.25. The number of fused-ring (bicyclic) bond motifs is 1. The summed E-state index contributed by atoms with van der Waals surface area (Å²) < 4.78 is 3.20. The number of likely N-dealkylation sites (tertiary alicyclic amines) is 1. The van der Waals surface area contributed by atoms with Gasteiger partial charge in [-0.2, -0.15) is 0 Å². The van der Waals surface area contributed by atoms with Crippen LogP contribution in [0.4, 0.5) is 0 Å². The van der Waals surface area contributed by atoms with Crippen LogP contribution in [-0.4, -0.2) is 26.1 Å². The van der Waals surface area contributed by atoms with Gasteiger partial charge in [0.1, 0.15) is 0 Å². The third-order valence-corrected chi connectivity index (χ3v) is 10.7. The maximum atomic E-state index is 2.64. The van der Waals surface area contributed by atoms with Crippen LogP contribution in [0.1, 0.15) is 30.4 Å². The molecule has 0 spiro atoms. The standard InChI is InChI=1S/C24H31NSSi/c1-18-16-25(17-19-9-6-5-7-10-19)14-13-21(18)22-12-8-11-20-15-23(26-24(20)22)27(2,3)4/h5-12,15,18,21H,13-14,16-17H2,1-4H3. The van der Waals surface area contributed by atoms with E-state index in [0.29, 0.717) is 11.8 Å². The summed E-state index contributed by atoms with van der Waals surface area (Å²) in [5.41, 5.74) is 3.04. The Morgan fingerprint density at radius 2 is 1.81 bits per heavy atom. The first-order valence-electron chi connectivity index (χ1n) is 10.2. The van der Waals surface area contributed by atoms with Crippen molar-refractivity contribution in [3.8, 4) is 0 Å². The van der Waals surface area contributed by atoms with E-state index in [9.17, 15) is 0 Å². The van der Waals surface area contributed by atoms with Crippen LogP contribution in [0.15, 0.2) is 54.6 Å². The van der Waals surface area contributed by atoms with Gasteiger partial charge in [-0.05, 0) is 51.9 Å². The number of piperidine rings is 1. The monoisotopic (exact) mass is 393 g/mol. The minimum Gasteiger partial charge on any atom is -0.299 e. The fourth-order valence-electron chi connectivity index (χ4n) is 4.43. The quantitative estimate of drug-likeness (QED) is 0.486. The second-order valence-electron chi connectivity index (χ2n) is 9.22. The Labute approximate surface area is 169 Å². The lowest BCUT2D eigenvalue weighted by molar-refractivity contribution is 0.156. The smallest absolute Gasteiger partial charge is 0.0904 e. The molecule has 0 radical (unpaired) electrons. The van der Waals surface area contributed by atoms with Crippen molar-refractivity contribution < 1.29 is 0 Å². The van der Waals surface area contributed by atoms with Crippen molar-refractivity contribution in [3.63, 3.8) is 0 Å². The van der Waals surface area contributed by atoms with Gasteiger partial charge in [-0.3, -0.25) is 4.90 Å². The minimum absolute atomic E-state index is 0.689. The molecule has 0 amide bonds. The topological polar surface area (TPSA) is 3.24 Å². The zero-order valence-electron chi connectivity index (χ0n) is 17.0. The van der Waals surface area contributed by atoms with Gasteiger partial charge < -0.3 is 0 Å². The summed E-state index contributed by atoms with van der Waals surface area (Å²) in [6.07, 6.45) is 1.27. The second-order valence-corrected chi connectivity index (χ2v) is 15.7. The van der Waals surface area contributed by atoms with Crippen molar-refractivity contribution in [3.05, 3.63) is 65.7 Å². The number of nitrogens with zero attached hydrogens (tertiary/aromatic N) is 1. The summed E-state index contributed by atoms with van der Waals surface area (Å²) in [5.74, 6) is 1.39. The molecule has 1 aliphatic rings. The highest BCUT2D eigenvalue weighted by molar-refractivity contribution is 7.31. The summed E-state index contributed by atoms with van der Waals surface area (Å²) in [4.78, 5) is 2.64. The molecule has 4 rings (SSSR count). The highest BCUT2D eigenvalue weighted by Gasteiger charge is 2.29. The third-order valence-electron chi connectivity index (χ3n) is 5.95. The molecule has 1 nitrogen and oxygen atoms in total. The van der Waals surface area contributed by atoms with Crippen molar-refractivity contribution in [2.45, 2.75) is 45.4 Å². The fourth-order valence-corrected chi connectivity index (χ4v) is 7.53. The molecule has 1 aromatic heterocycles. The average molecular weight is 394 g/mol. The van der Waals surface area contributed by atoms with Crippen LogP contribution in [0.25, 0.3) is 10.1 Å². The van der Waals surface area contributed by atoms with Crippen LogP contribution in [0.3, 0.4) is 0 Å². The van der Waals surface area contributed by atoms with E-state index in [1.54, 1.807) is 14.8 Å². The first-order chi connectivity index (χ1) is 12.9. The van der Waals surface area contributed by atoms with E-state index in [2.05, 4.69) is 97.4 Å². The fraction of sp³-hybridized carbons (Fsp3) is 0.417. The Bertz CT molecular complexity index is 909. The Morgan fingerprint density at radius 3 is 2.52 bits per heavy atom. The van der Waals surface area contributed by atoms with E-state index in [-0.39, 0.29) is 0 Å². The van der Waals surface area contributed by atoms with Gasteiger partial charge in [0.15, 0.2) is 0 Å². The molecule has 3 heteroatoms. The SMILES string of the molecule is CC1CN(Cc2ccccc2)CCC1c1cccc2cc([Si](C)(C)C)sc12. The predicted molar refractivity (Wildman–Crippen MR) is 123 cm³/mol. The molecule has 2 aromatic carbocycles. The van der Waals surface area contributed by atoms with Crippen LogP contribution in [0, 0.1) is 5.92 Å². The van der Waals surface area contributed by atoms with Crippen LogP contribution < -0.4 is 4.50 Å². The normalized spacial score (nSPS) is 21.6. The second kappa shape index (κ2) is 7.54. The van der Waals surface area contributed by atoms with Gasteiger partial charge in [-0.15, -0.1) is 11.3 Å². The number of hydrogen-bond donors (Lipinski definition) is 0. The van der Waals surface area contributed by atoms with Gasteiger partial charge in [-0.25, -0.2) is 0 Å². The van der Waals surface area contributed by atoms with E-state index < -0.39 is 8.07 Å². The Kier molecular flexibility index (Phi) is 5.28. The Hall–Kier alpha value is -1.42. The first-order valence-corrected chi connectivity index (χ1v) is 14.5. The maximum Gasteiger partial charge on any atom is 0.0904 e. The van der Waals surface area contributed by atoms with Gasteiger partial charge in [0.05, 0.1) is 8.07 Å². The van der Waals surface area contributed by atoms with Crippen molar-refractivity contribution >= 4 is 34.0 Å². The highest BCUT2D eigenvalue weighted by atomic mass is 32.1. The summed E-state index contributed by atoms with van der Waals surface area (Å²) >= 11 is 2.08. The number of hydrogen-bond acceptors (Lipinski definition) is 2. The molecule has 142 valence electrons. The lowest BCUT2D eigenvalue weighted by Gasteiger charge is -2.37. The molecule has 3 aromatic rings. The molecule has 0 N–H and O–H groups in total.